The predicted molar refractivity (Wildman–Crippen MR) is 296 cm³/mol. The zero-order valence-electron chi connectivity index (χ0n) is 46.5. The van der Waals surface area contributed by atoms with Crippen LogP contribution in [0.5, 0.6) is 5.75 Å². The fourth-order valence-corrected chi connectivity index (χ4v) is 8.70. The molecule has 0 spiro atoms. The van der Waals surface area contributed by atoms with Crippen molar-refractivity contribution in [3.63, 3.8) is 0 Å². The number of carbonyl (C=O) groups is 8. The van der Waals surface area contributed by atoms with Crippen molar-refractivity contribution >= 4 is 53.3 Å². The Kier molecular flexibility index (Phi) is 23.6. The number of rotatable bonds is 32. The van der Waals surface area contributed by atoms with E-state index in [4.69, 9.17) is 11.5 Å². The number of halogens is 3. The van der Waals surface area contributed by atoms with E-state index in [1.165, 1.54) is 48.9 Å². The maximum Gasteiger partial charge on any atom is 0.442 e. The summed E-state index contributed by atoms with van der Waals surface area (Å²) in [5, 5.41) is 48.0. The van der Waals surface area contributed by atoms with Crippen molar-refractivity contribution < 1.29 is 61.7 Å². The number of carbonyl (C=O) groups excluding carboxylic acids is 7. The lowest BCUT2D eigenvalue weighted by Crippen LogP contribution is -2.62. The van der Waals surface area contributed by atoms with E-state index < -0.39 is 113 Å². The maximum atomic E-state index is 14.7. The van der Waals surface area contributed by atoms with Gasteiger partial charge >= 0.3 is 17.8 Å². The standard InChI is InChI=1S/C55H72F3N15O10/c1-6-31(4)45(71-49(79)40(24-34-16-20-37(74)21-17-34)67-50(80)44(30(2)3)70-46(76)38(65-43(75)28-61-5)13-10-22-63-53(59)60)51(81)68-41(26-36-27-62-29-64-36)48(78)66-39(47(77)69-42(52(82)83)25-32-11-8-7-9-12-32)23-33-14-18-35(19-15-33)54(72-73-54)55(56,57)58/h7-9,11-12,14-21,27,29-31,38-42,44-45,61,74H,6,10,13,22-26,28H2,1-5H3,(H,62,64)(H,65,75)(H,66,78)(H,67,80)(H,68,81)(H,69,77)(H,70,76)(H,71,79)(H,82,83)(H4,59,60,63)/t31-,38-,39-,40-,41-,42-,44-,45-/m0/s1. The highest BCUT2D eigenvalue weighted by atomic mass is 19.4. The molecule has 0 saturated heterocycles. The van der Waals surface area contributed by atoms with E-state index in [1.54, 1.807) is 65.1 Å². The van der Waals surface area contributed by atoms with E-state index in [1.807, 2.05) is 0 Å². The number of phenols is 1. The van der Waals surface area contributed by atoms with E-state index in [0.717, 1.165) is 12.1 Å². The zero-order valence-corrected chi connectivity index (χ0v) is 46.5. The van der Waals surface area contributed by atoms with Crippen LogP contribution in [0.25, 0.3) is 0 Å². The largest absolute Gasteiger partial charge is 0.508 e. The van der Waals surface area contributed by atoms with Gasteiger partial charge in [0.1, 0.15) is 48.0 Å². The number of hydrogen-bond donors (Lipinski definition) is 13. The van der Waals surface area contributed by atoms with E-state index in [9.17, 15) is 61.7 Å². The van der Waals surface area contributed by atoms with Gasteiger partial charge in [0.05, 0.1) is 12.9 Å². The van der Waals surface area contributed by atoms with Gasteiger partial charge in [-0.05, 0) is 60.5 Å². The Hall–Kier alpha value is -8.95. The van der Waals surface area contributed by atoms with Crippen LogP contribution in [0.15, 0.2) is 107 Å². The number of imidazole rings is 1. The lowest BCUT2D eigenvalue weighted by Gasteiger charge is -2.30. The number of aliphatic imine (C=N–C) groups is 1. The third kappa shape index (κ3) is 19.3. The minimum Gasteiger partial charge on any atom is -0.508 e. The van der Waals surface area contributed by atoms with Gasteiger partial charge in [-0.25, -0.2) is 9.78 Å². The van der Waals surface area contributed by atoms with Gasteiger partial charge in [0.15, 0.2) is 5.96 Å². The van der Waals surface area contributed by atoms with Crippen molar-refractivity contribution in [2.75, 3.05) is 20.1 Å². The van der Waals surface area contributed by atoms with Crippen LogP contribution in [-0.4, -0.2) is 142 Å². The number of aromatic nitrogens is 2. The lowest BCUT2D eigenvalue weighted by molar-refractivity contribution is -0.166. The van der Waals surface area contributed by atoms with Gasteiger partial charge in [-0.3, -0.25) is 38.6 Å². The van der Waals surface area contributed by atoms with Crippen LogP contribution in [0.2, 0.25) is 0 Å². The first kappa shape index (κ1) is 64.9. The first-order valence-electron chi connectivity index (χ1n) is 26.8. The third-order valence-electron chi connectivity index (χ3n) is 13.6. The number of nitrogens with one attached hydrogen (secondary N) is 9. The molecule has 7 amide bonds. The average molecular weight is 1160 g/mol. The van der Waals surface area contributed by atoms with Gasteiger partial charge in [-0.1, -0.05) is 101 Å². The van der Waals surface area contributed by atoms with Crippen LogP contribution in [0.4, 0.5) is 13.2 Å². The Balaban J connectivity index is 1.42. The molecule has 1 aliphatic rings. The van der Waals surface area contributed by atoms with Crippen molar-refractivity contribution in [2.24, 2.45) is 38.5 Å². The van der Waals surface area contributed by atoms with Crippen LogP contribution in [0, 0.1) is 11.8 Å². The number of carboxylic acid groups (broad SMARTS) is 1. The summed E-state index contributed by atoms with van der Waals surface area (Å²) in [6.07, 6.45) is -2.53. The molecule has 25 nitrogen and oxygen atoms in total. The number of benzene rings is 3. The predicted octanol–water partition coefficient (Wildman–Crippen LogP) is 1.02. The number of likely N-dealkylation sites (N-methyl/N-ethyl adjacent to an activating group) is 1. The number of H-pyrrole nitrogens is 1. The number of aliphatic carboxylic acids is 1. The number of hydrogen-bond acceptors (Lipinski definition) is 14. The molecule has 3 aromatic carbocycles. The molecule has 1 aliphatic heterocycles. The summed E-state index contributed by atoms with van der Waals surface area (Å²) >= 11 is 0. The number of guanidine groups is 1. The summed E-state index contributed by atoms with van der Waals surface area (Å²) in [5.41, 5.74) is 9.43. The van der Waals surface area contributed by atoms with E-state index in [0.29, 0.717) is 16.8 Å². The smallest absolute Gasteiger partial charge is 0.442 e. The summed E-state index contributed by atoms with van der Waals surface area (Å²) in [4.78, 5) is 122. The van der Waals surface area contributed by atoms with Crippen LogP contribution < -0.4 is 54.0 Å². The first-order valence-corrected chi connectivity index (χ1v) is 26.8. The maximum absolute atomic E-state index is 14.7. The molecule has 8 atom stereocenters. The molecule has 4 aromatic rings. The SMILES string of the molecule is CC[C@H](C)[C@H](NC(=O)[C@H](Cc1ccc(O)cc1)NC(=O)[C@@H](NC(=O)[C@H](CCCN=C(N)N)NC(=O)CNC)C(C)C)C(=O)N[C@@H](Cc1cnc[nH]1)C(=O)N[C@@H](Cc1ccc(C2(C(F)(F)F)N=N2)cc1)C(=O)N[C@@H](Cc1ccccc1)C(=O)O. The van der Waals surface area contributed by atoms with Gasteiger partial charge < -0.3 is 69.2 Å². The van der Waals surface area contributed by atoms with Crippen molar-refractivity contribution in [1.29, 1.82) is 0 Å². The monoisotopic (exact) mass is 1160 g/mol. The molecule has 0 radical (unpaired) electrons. The molecule has 448 valence electrons. The molecular weight excluding hydrogens is 1090 g/mol. The number of aromatic amines is 1. The topological polar surface area (TPSA) is 391 Å². The minimum absolute atomic E-state index is 0.0821. The fourth-order valence-electron chi connectivity index (χ4n) is 8.70. The van der Waals surface area contributed by atoms with Crippen LogP contribution in [-0.2, 0) is 69.7 Å². The summed E-state index contributed by atoms with van der Waals surface area (Å²) < 4.78 is 41.7. The molecular formula is C55H72F3N15O10. The van der Waals surface area contributed by atoms with Crippen molar-refractivity contribution in [1.82, 2.24) is 52.5 Å². The molecule has 0 bridgehead atoms. The third-order valence-corrected chi connectivity index (χ3v) is 13.6. The number of nitrogens with zero attached hydrogens (tertiary/aromatic N) is 4. The van der Waals surface area contributed by atoms with Gasteiger partial charge in [0, 0.05) is 49.7 Å². The van der Waals surface area contributed by atoms with Crippen molar-refractivity contribution in [2.45, 2.75) is 127 Å². The Morgan fingerprint density at radius 1 is 0.651 bits per heavy atom. The fraction of sp³-hybridized carbons (Fsp3) is 0.455. The molecule has 0 unspecified atom stereocenters. The molecule has 0 aliphatic carbocycles. The Bertz CT molecular complexity index is 2900. The van der Waals surface area contributed by atoms with E-state index in [-0.39, 0.29) is 80.9 Å². The normalized spacial score (nSPS) is 15.3. The zero-order chi connectivity index (χ0) is 61.0. The quantitative estimate of drug-likeness (QED) is 0.0185. The second kappa shape index (κ2) is 30.2. The molecule has 83 heavy (non-hydrogen) atoms. The second-order valence-corrected chi connectivity index (χ2v) is 20.4. The number of nitrogens with two attached hydrogens (primary N) is 2. The molecule has 28 heteroatoms. The number of alkyl halides is 3. The van der Waals surface area contributed by atoms with Crippen molar-refractivity contribution in [3.05, 3.63) is 119 Å². The van der Waals surface area contributed by atoms with Gasteiger partial charge in [-0.2, -0.15) is 13.2 Å². The van der Waals surface area contributed by atoms with E-state index >= 15 is 0 Å². The highest BCUT2D eigenvalue weighted by molar-refractivity contribution is 5.98. The van der Waals surface area contributed by atoms with E-state index in [2.05, 4.69) is 67.7 Å². The Morgan fingerprint density at radius 3 is 1.65 bits per heavy atom. The average Bonchev–Trinajstić information content (AvgIpc) is 3.53. The highest BCUT2D eigenvalue weighted by Gasteiger charge is 2.65. The number of amides is 7. The van der Waals surface area contributed by atoms with Crippen LogP contribution in [0.1, 0.15) is 74.9 Å². The molecule has 0 saturated carbocycles. The number of carboxylic acids is 1. The summed E-state index contributed by atoms with van der Waals surface area (Å²) in [6, 6.07) is 9.00. The molecule has 15 N–H and O–H groups in total. The molecule has 2 heterocycles. The molecule has 5 rings (SSSR count). The van der Waals surface area contributed by atoms with Gasteiger partial charge in [-0.15, -0.1) is 10.2 Å². The molecule has 0 fully saturated rings. The van der Waals surface area contributed by atoms with Gasteiger partial charge in [0.2, 0.25) is 41.4 Å². The number of aromatic hydroxyl groups is 1. The molecule has 1 aromatic heterocycles. The minimum atomic E-state index is -4.83. The van der Waals surface area contributed by atoms with Crippen LogP contribution >= 0.6 is 0 Å². The summed E-state index contributed by atoms with van der Waals surface area (Å²) in [7, 11) is 1.54. The number of phenolic OH excluding ortho intramolecular Hbond substituents is 1. The van der Waals surface area contributed by atoms with Crippen LogP contribution in [0.3, 0.4) is 0 Å². The summed E-state index contributed by atoms with van der Waals surface area (Å²) in [5.74, 6) is -8.66. The summed E-state index contributed by atoms with van der Waals surface area (Å²) in [6.45, 7) is 6.71. The van der Waals surface area contributed by atoms with Gasteiger partial charge in [0.25, 0.3) is 0 Å². The Morgan fingerprint density at radius 2 is 1.14 bits per heavy atom. The second-order valence-electron chi connectivity index (χ2n) is 20.4. The first-order chi connectivity index (χ1) is 39.3. The Labute approximate surface area is 476 Å². The lowest BCUT2D eigenvalue weighted by atomic mass is 9.96. The van der Waals surface area contributed by atoms with Crippen molar-refractivity contribution in [3.8, 4) is 5.75 Å². The highest BCUT2D eigenvalue weighted by Crippen LogP contribution is 2.52.